The average Bonchev–Trinajstić information content (AvgIpc) is 2.97. The van der Waals surface area contributed by atoms with E-state index in [1.165, 1.54) is 19.2 Å². The molecule has 116 valence electrons. The van der Waals surface area contributed by atoms with Crippen molar-refractivity contribution in [3.63, 3.8) is 0 Å². The first-order valence-corrected chi connectivity index (χ1v) is 6.72. The number of carbonyl (C=O) groups is 1. The highest BCUT2D eigenvalue weighted by Crippen LogP contribution is 2.13. The SMILES string of the molecule is CCOC1CCN(C(=O)OC)C1.O=[N+]([O-])c1ccccc1. The van der Waals surface area contributed by atoms with E-state index < -0.39 is 4.92 Å². The lowest BCUT2D eigenvalue weighted by molar-refractivity contribution is -0.384. The molecule has 1 aliphatic heterocycles. The summed E-state index contributed by atoms with van der Waals surface area (Å²) in [4.78, 5) is 22.3. The van der Waals surface area contributed by atoms with E-state index in [9.17, 15) is 14.9 Å². The minimum atomic E-state index is -0.417. The zero-order valence-electron chi connectivity index (χ0n) is 12.2. The lowest BCUT2D eigenvalue weighted by Gasteiger charge is -2.14. The van der Waals surface area contributed by atoms with Crippen LogP contribution in [0, 0.1) is 10.1 Å². The normalized spacial score (nSPS) is 16.9. The maximum absolute atomic E-state index is 11.0. The summed E-state index contributed by atoms with van der Waals surface area (Å²) in [6, 6.07) is 7.93. The number of hydrogen-bond acceptors (Lipinski definition) is 5. The summed E-state index contributed by atoms with van der Waals surface area (Å²) in [5.74, 6) is 0. The van der Waals surface area contributed by atoms with Crippen LogP contribution in [0.3, 0.4) is 0 Å². The molecule has 1 unspecified atom stereocenters. The quantitative estimate of drug-likeness (QED) is 0.632. The first-order valence-electron chi connectivity index (χ1n) is 6.72. The van der Waals surface area contributed by atoms with Crippen LogP contribution < -0.4 is 0 Å². The van der Waals surface area contributed by atoms with Crippen molar-refractivity contribution in [2.75, 3.05) is 26.8 Å². The number of hydrogen-bond donors (Lipinski definition) is 0. The molecule has 2 rings (SSSR count). The molecule has 1 aliphatic rings. The monoisotopic (exact) mass is 296 g/mol. The topological polar surface area (TPSA) is 81.9 Å². The van der Waals surface area contributed by atoms with Crippen LogP contribution >= 0.6 is 0 Å². The second-order valence-corrected chi connectivity index (χ2v) is 4.37. The first kappa shape index (κ1) is 16.9. The summed E-state index contributed by atoms with van der Waals surface area (Å²) in [5.41, 5.74) is 0.137. The Morgan fingerprint density at radius 3 is 2.57 bits per heavy atom. The highest BCUT2D eigenvalue weighted by Gasteiger charge is 2.26. The fraction of sp³-hybridized carbons (Fsp3) is 0.500. The number of nitro benzene ring substituents is 1. The van der Waals surface area contributed by atoms with Crippen LogP contribution in [0.25, 0.3) is 0 Å². The first-order chi connectivity index (χ1) is 10.1. The van der Waals surface area contributed by atoms with E-state index in [4.69, 9.17) is 4.74 Å². The van der Waals surface area contributed by atoms with Crippen LogP contribution in [0.4, 0.5) is 10.5 Å². The highest BCUT2D eigenvalue weighted by atomic mass is 16.6. The Kier molecular flexibility index (Phi) is 7.17. The number of benzene rings is 1. The molecule has 1 aromatic carbocycles. The number of methoxy groups -OCH3 is 1. The number of carbonyl (C=O) groups excluding carboxylic acids is 1. The third-order valence-electron chi connectivity index (χ3n) is 2.95. The van der Waals surface area contributed by atoms with Gasteiger partial charge in [-0.15, -0.1) is 0 Å². The minimum Gasteiger partial charge on any atom is -0.453 e. The molecule has 0 saturated carbocycles. The van der Waals surface area contributed by atoms with Gasteiger partial charge >= 0.3 is 6.09 Å². The molecule has 1 aromatic rings. The summed E-state index contributed by atoms with van der Waals surface area (Å²) in [7, 11) is 1.40. The molecule has 1 saturated heterocycles. The molecule has 0 spiro atoms. The van der Waals surface area contributed by atoms with Crippen LogP contribution in [0.2, 0.25) is 0 Å². The van der Waals surface area contributed by atoms with Gasteiger partial charge in [-0.2, -0.15) is 0 Å². The van der Waals surface area contributed by atoms with Crippen LogP contribution in [-0.2, 0) is 9.47 Å². The number of para-hydroxylation sites is 1. The zero-order valence-corrected chi connectivity index (χ0v) is 12.2. The van der Waals surface area contributed by atoms with E-state index in [2.05, 4.69) is 4.74 Å². The molecule has 0 aliphatic carbocycles. The van der Waals surface area contributed by atoms with Gasteiger partial charge in [-0.05, 0) is 13.3 Å². The number of rotatable bonds is 3. The molecule has 0 N–H and O–H groups in total. The number of non-ortho nitro benzene ring substituents is 1. The number of nitro groups is 1. The fourth-order valence-corrected chi connectivity index (χ4v) is 1.94. The molecule has 1 atom stereocenters. The standard InChI is InChI=1S/C8H15NO3.C6H5NO2/c1-3-12-7-4-5-9(6-7)8(10)11-2;8-7(9)6-4-2-1-3-5-6/h7H,3-6H2,1-2H3;1-5H. The van der Waals surface area contributed by atoms with Gasteiger partial charge in [-0.3, -0.25) is 10.1 Å². The zero-order chi connectivity index (χ0) is 15.7. The van der Waals surface area contributed by atoms with E-state index in [0.717, 1.165) is 13.0 Å². The molecule has 0 radical (unpaired) electrons. The van der Waals surface area contributed by atoms with Crippen LogP contribution in [0.1, 0.15) is 13.3 Å². The van der Waals surface area contributed by atoms with Crippen molar-refractivity contribution in [3.05, 3.63) is 40.4 Å². The van der Waals surface area contributed by atoms with Crippen molar-refractivity contribution in [2.24, 2.45) is 0 Å². The van der Waals surface area contributed by atoms with Crippen molar-refractivity contribution in [1.29, 1.82) is 0 Å². The molecule has 21 heavy (non-hydrogen) atoms. The molecular formula is C14H20N2O5. The van der Waals surface area contributed by atoms with E-state index in [0.29, 0.717) is 13.2 Å². The van der Waals surface area contributed by atoms with Gasteiger partial charge in [0, 0.05) is 25.3 Å². The van der Waals surface area contributed by atoms with E-state index in [1.807, 2.05) is 6.92 Å². The van der Waals surface area contributed by atoms with Crippen LogP contribution in [0.15, 0.2) is 30.3 Å². The molecular weight excluding hydrogens is 276 g/mol. The molecule has 1 amide bonds. The third kappa shape index (κ3) is 5.78. The molecule has 1 fully saturated rings. The van der Waals surface area contributed by atoms with Crippen molar-refractivity contribution >= 4 is 11.8 Å². The predicted molar refractivity (Wildman–Crippen MR) is 77.1 cm³/mol. The molecule has 0 bridgehead atoms. The van der Waals surface area contributed by atoms with Crippen LogP contribution in [-0.4, -0.2) is 48.8 Å². The number of amides is 1. The fourth-order valence-electron chi connectivity index (χ4n) is 1.94. The van der Waals surface area contributed by atoms with Crippen molar-refractivity contribution in [3.8, 4) is 0 Å². The van der Waals surface area contributed by atoms with Crippen molar-refractivity contribution in [2.45, 2.75) is 19.4 Å². The summed E-state index contributed by atoms with van der Waals surface area (Å²) in [5, 5.41) is 10.0. The second kappa shape index (κ2) is 8.91. The van der Waals surface area contributed by atoms with Crippen LogP contribution in [0.5, 0.6) is 0 Å². The Balaban J connectivity index is 0.000000219. The van der Waals surface area contributed by atoms with E-state index in [-0.39, 0.29) is 17.9 Å². The number of likely N-dealkylation sites (tertiary alicyclic amines) is 1. The molecule has 0 aromatic heterocycles. The lowest BCUT2D eigenvalue weighted by Crippen LogP contribution is -2.29. The smallest absolute Gasteiger partial charge is 0.409 e. The average molecular weight is 296 g/mol. The Morgan fingerprint density at radius 2 is 2.10 bits per heavy atom. The second-order valence-electron chi connectivity index (χ2n) is 4.37. The van der Waals surface area contributed by atoms with Gasteiger partial charge in [0.2, 0.25) is 0 Å². The van der Waals surface area contributed by atoms with Gasteiger partial charge < -0.3 is 14.4 Å². The van der Waals surface area contributed by atoms with Gasteiger partial charge in [0.25, 0.3) is 5.69 Å². The van der Waals surface area contributed by atoms with Gasteiger partial charge in [0.15, 0.2) is 0 Å². The van der Waals surface area contributed by atoms with Gasteiger partial charge in [-0.1, -0.05) is 18.2 Å². The van der Waals surface area contributed by atoms with E-state index in [1.54, 1.807) is 23.1 Å². The number of nitrogens with zero attached hydrogens (tertiary/aromatic N) is 2. The van der Waals surface area contributed by atoms with Gasteiger partial charge in [0.05, 0.1) is 24.7 Å². The summed E-state index contributed by atoms with van der Waals surface area (Å²) >= 11 is 0. The Morgan fingerprint density at radius 1 is 1.43 bits per heavy atom. The van der Waals surface area contributed by atoms with Crippen molar-refractivity contribution < 1.29 is 19.2 Å². The summed E-state index contributed by atoms with van der Waals surface area (Å²) in [6.45, 7) is 4.08. The summed E-state index contributed by atoms with van der Waals surface area (Å²) < 4.78 is 9.97. The maximum Gasteiger partial charge on any atom is 0.409 e. The summed E-state index contributed by atoms with van der Waals surface area (Å²) in [6.07, 6.45) is 0.870. The lowest BCUT2D eigenvalue weighted by atomic mass is 10.3. The third-order valence-corrected chi connectivity index (χ3v) is 2.95. The molecule has 1 heterocycles. The maximum atomic E-state index is 11.0. The Bertz CT molecular complexity index is 452. The van der Waals surface area contributed by atoms with Gasteiger partial charge in [0.1, 0.15) is 0 Å². The molecule has 7 heteroatoms. The largest absolute Gasteiger partial charge is 0.453 e. The minimum absolute atomic E-state index is 0.137. The van der Waals surface area contributed by atoms with Crippen molar-refractivity contribution in [1.82, 2.24) is 4.90 Å². The van der Waals surface area contributed by atoms with Gasteiger partial charge in [-0.25, -0.2) is 4.79 Å². The Labute approximate surface area is 123 Å². The number of ether oxygens (including phenoxy) is 2. The predicted octanol–water partition coefficient (Wildman–Crippen LogP) is 2.46. The Hall–Kier alpha value is -2.15. The highest BCUT2D eigenvalue weighted by molar-refractivity contribution is 5.67. The van der Waals surface area contributed by atoms with E-state index >= 15 is 0 Å². The molecule has 7 nitrogen and oxygen atoms in total.